The van der Waals surface area contributed by atoms with E-state index in [0.717, 1.165) is 5.56 Å². The first-order chi connectivity index (χ1) is 11.8. The Morgan fingerprint density at radius 3 is 2.60 bits per heavy atom. The van der Waals surface area contributed by atoms with Crippen LogP contribution < -0.4 is 15.4 Å². The highest BCUT2D eigenvalue weighted by Gasteiger charge is 2.23. The molecule has 130 valence electrons. The summed E-state index contributed by atoms with van der Waals surface area (Å²) >= 11 is 0. The monoisotopic (exact) mass is 341 g/mol. The summed E-state index contributed by atoms with van der Waals surface area (Å²) in [5.74, 6) is 1.60. The van der Waals surface area contributed by atoms with Gasteiger partial charge in [0.2, 0.25) is 5.91 Å². The fourth-order valence-electron chi connectivity index (χ4n) is 2.34. The van der Waals surface area contributed by atoms with Gasteiger partial charge in [0.25, 0.3) is 0 Å². The molecule has 1 aromatic heterocycles. The molecule has 1 aromatic carbocycles. The summed E-state index contributed by atoms with van der Waals surface area (Å²) in [5.41, 5.74) is 0.780. The van der Waals surface area contributed by atoms with Gasteiger partial charge in [-0.2, -0.15) is 0 Å². The second-order valence-corrected chi connectivity index (χ2v) is 6.61. The van der Waals surface area contributed by atoms with Crippen LogP contribution in [-0.4, -0.2) is 22.6 Å². The van der Waals surface area contributed by atoms with Crippen LogP contribution in [0.15, 0.2) is 36.5 Å². The molecule has 0 saturated heterocycles. The number of nitrogens with zero attached hydrogens (tertiary/aromatic N) is 1. The van der Waals surface area contributed by atoms with E-state index in [2.05, 4.69) is 15.6 Å². The topological polar surface area (TPSA) is 89.6 Å². The number of hydrogen-bond donors (Lipinski definition) is 2. The number of carbonyl (C=O) groups is 2. The van der Waals surface area contributed by atoms with Gasteiger partial charge in [-0.25, -0.2) is 9.78 Å². The first-order valence-corrected chi connectivity index (χ1v) is 7.86. The summed E-state index contributed by atoms with van der Waals surface area (Å²) in [6.45, 7) is 5.41. The Kier molecular flexibility index (Phi) is 4.31. The van der Waals surface area contributed by atoms with Crippen LogP contribution in [0.4, 0.5) is 16.3 Å². The number of amides is 2. The smallest absolute Gasteiger partial charge is 0.412 e. The van der Waals surface area contributed by atoms with Crippen molar-refractivity contribution in [2.45, 2.75) is 32.8 Å². The van der Waals surface area contributed by atoms with Gasteiger partial charge in [0.05, 0.1) is 6.42 Å². The molecule has 0 spiro atoms. The third kappa shape index (κ3) is 4.26. The van der Waals surface area contributed by atoms with Gasteiger partial charge in [-0.05, 0) is 51.1 Å². The summed E-state index contributed by atoms with van der Waals surface area (Å²) in [6.07, 6.45) is 1.31. The van der Waals surface area contributed by atoms with Crippen LogP contribution >= 0.6 is 0 Å². The number of anilines is 2. The summed E-state index contributed by atoms with van der Waals surface area (Å²) in [5, 5.41) is 5.34. The molecule has 0 unspecified atom stereocenters. The molecule has 25 heavy (non-hydrogen) atoms. The second kappa shape index (κ2) is 6.43. The highest BCUT2D eigenvalue weighted by atomic mass is 16.6. The van der Waals surface area contributed by atoms with E-state index in [1.807, 2.05) is 0 Å². The molecule has 1 aliphatic heterocycles. The van der Waals surface area contributed by atoms with E-state index in [9.17, 15) is 9.59 Å². The standard InChI is InChI=1S/C18H19N3O4/c1-18(2,3)25-17(23)20-11-4-6-12(7-5-11)24-14-8-9-19-16-13(14)10-15(22)21-16/h4-9H,10H2,1-3H3,(H,20,23)(H,19,21,22). The van der Waals surface area contributed by atoms with Crippen LogP contribution in [0.1, 0.15) is 26.3 Å². The number of hydrogen-bond acceptors (Lipinski definition) is 5. The van der Waals surface area contributed by atoms with Crippen molar-refractivity contribution in [3.8, 4) is 11.5 Å². The maximum atomic E-state index is 11.8. The van der Waals surface area contributed by atoms with Crippen molar-refractivity contribution < 1.29 is 19.1 Å². The number of fused-ring (bicyclic) bond motifs is 1. The average molecular weight is 341 g/mol. The van der Waals surface area contributed by atoms with Crippen LogP contribution in [0.5, 0.6) is 11.5 Å². The van der Waals surface area contributed by atoms with Gasteiger partial charge >= 0.3 is 6.09 Å². The summed E-state index contributed by atoms with van der Waals surface area (Å²) in [7, 11) is 0. The summed E-state index contributed by atoms with van der Waals surface area (Å²) in [4.78, 5) is 27.4. The largest absolute Gasteiger partial charge is 0.457 e. The molecule has 2 aromatic rings. The third-order valence-electron chi connectivity index (χ3n) is 3.34. The van der Waals surface area contributed by atoms with Crippen molar-refractivity contribution in [3.63, 3.8) is 0 Å². The predicted molar refractivity (Wildman–Crippen MR) is 92.9 cm³/mol. The van der Waals surface area contributed by atoms with E-state index in [0.29, 0.717) is 23.0 Å². The molecular formula is C18H19N3O4. The van der Waals surface area contributed by atoms with Gasteiger partial charge in [0, 0.05) is 17.4 Å². The lowest BCUT2D eigenvalue weighted by atomic mass is 10.2. The lowest BCUT2D eigenvalue weighted by Crippen LogP contribution is -2.27. The van der Waals surface area contributed by atoms with Gasteiger partial charge in [0.1, 0.15) is 22.9 Å². The van der Waals surface area contributed by atoms with E-state index in [1.54, 1.807) is 57.3 Å². The zero-order valence-corrected chi connectivity index (χ0v) is 14.3. The molecule has 1 aliphatic rings. The highest BCUT2D eigenvalue weighted by molar-refractivity contribution is 5.98. The van der Waals surface area contributed by atoms with Crippen molar-refractivity contribution in [2.75, 3.05) is 10.6 Å². The number of pyridine rings is 1. The quantitative estimate of drug-likeness (QED) is 0.888. The molecule has 3 rings (SSSR count). The van der Waals surface area contributed by atoms with E-state index in [1.165, 1.54) is 0 Å². The van der Waals surface area contributed by atoms with Crippen molar-refractivity contribution >= 4 is 23.5 Å². The third-order valence-corrected chi connectivity index (χ3v) is 3.34. The first kappa shape index (κ1) is 16.8. The SMILES string of the molecule is CC(C)(C)OC(=O)Nc1ccc(Oc2ccnc3c2CC(=O)N3)cc1. The van der Waals surface area contributed by atoms with Crippen molar-refractivity contribution in [3.05, 3.63) is 42.1 Å². The first-order valence-electron chi connectivity index (χ1n) is 7.86. The number of benzene rings is 1. The van der Waals surface area contributed by atoms with Crippen molar-refractivity contribution in [1.82, 2.24) is 4.98 Å². The van der Waals surface area contributed by atoms with Gasteiger partial charge in [0.15, 0.2) is 0 Å². The number of nitrogens with one attached hydrogen (secondary N) is 2. The van der Waals surface area contributed by atoms with E-state index < -0.39 is 11.7 Å². The van der Waals surface area contributed by atoms with E-state index >= 15 is 0 Å². The Morgan fingerprint density at radius 2 is 1.92 bits per heavy atom. The molecule has 0 bridgehead atoms. The lowest BCUT2D eigenvalue weighted by molar-refractivity contribution is -0.115. The minimum absolute atomic E-state index is 0.101. The zero-order valence-electron chi connectivity index (χ0n) is 14.3. The van der Waals surface area contributed by atoms with Crippen LogP contribution in [0.25, 0.3) is 0 Å². The predicted octanol–water partition coefficient (Wildman–Crippen LogP) is 3.72. The van der Waals surface area contributed by atoms with Gasteiger partial charge < -0.3 is 14.8 Å². The molecule has 7 heteroatoms. The molecule has 0 atom stereocenters. The van der Waals surface area contributed by atoms with Crippen molar-refractivity contribution in [1.29, 1.82) is 0 Å². The molecular weight excluding hydrogens is 322 g/mol. The average Bonchev–Trinajstić information content (AvgIpc) is 2.88. The molecule has 0 aliphatic carbocycles. The maximum Gasteiger partial charge on any atom is 0.412 e. The molecule has 0 radical (unpaired) electrons. The Hall–Kier alpha value is -3.09. The zero-order chi connectivity index (χ0) is 18.0. The Balaban J connectivity index is 1.67. The molecule has 2 N–H and O–H groups in total. The van der Waals surface area contributed by atoms with E-state index in [-0.39, 0.29) is 12.3 Å². The van der Waals surface area contributed by atoms with Crippen LogP contribution in [0.3, 0.4) is 0 Å². The lowest BCUT2D eigenvalue weighted by Gasteiger charge is -2.19. The van der Waals surface area contributed by atoms with Crippen molar-refractivity contribution in [2.24, 2.45) is 0 Å². The highest BCUT2D eigenvalue weighted by Crippen LogP contribution is 2.33. The molecule has 2 amide bonds. The minimum Gasteiger partial charge on any atom is -0.457 e. The Morgan fingerprint density at radius 1 is 1.20 bits per heavy atom. The number of aromatic nitrogens is 1. The van der Waals surface area contributed by atoms with Crippen LogP contribution in [-0.2, 0) is 16.0 Å². The minimum atomic E-state index is -0.555. The fourth-order valence-corrected chi connectivity index (χ4v) is 2.34. The second-order valence-electron chi connectivity index (χ2n) is 6.61. The van der Waals surface area contributed by atoms with Crippen LogP contribution in [0.2, 0.25) is 0 Å². The van der Waals surface area contributed by atoms with Crippen LogP contribution in [0, 0.1) is 0 Å². The summed E-state index contributed by atoms with van der Waals surface area (Å²) < 4.78 is 11.0. The normalized spacial score (nSPS) is 13.0. The molecule has 0 fully saturated rings. The van der Waals surface area contributed by atoms with E-state index in [4.69, 9.17) is 9.47 Å². The number of rotatable bonds is 3. The molecule has 2 heterocycles. The number of carbonyl (C=O) groups excluding carboxylic acids is 2. The maximum absolute atomic E-state index is 11.8. The fraction of sp³-hybridized carbons (Fsp3) is 0.278. The van der Waals surface area contributed by atoms with Gasteiger partial charge in [-0.15, -0.1) is 0 Å². The van der Waals surface area contributed by atoms with Gasteiger partial charge in [-0.1, -0.05) is 0 Å². The Bertz CT molecular complexity index is 810. The Labute approximate surface area is 145 Å². The number of ether oxygens (including phenoxy) is 2. The molecule has 0 saturated carbocycles. The summed E-state index contributed by atoms with van der Waals surface area (Å²) in [6, 6.07) is 8.59. The molecule has 7 nitrogen and oxygen atoms in total. The van der Waals surface area contributed by atoms with Gasteiger partial charge in [-0.3, -0.25) is 10.1 Å².